The van der Waals surface area contributed by atoms with Gasteiger partial charge in [0.05, 0.1) is 7.11 Å². The highest BCUT2D eigenvalue weighted by Crippen LogP contribution is 2.37. The smallest absolute Gasteiger partial charge is 0.327 e. The maximum Gasteiger partial charge on any atom is 0.327 e. The molecule has 0 amide bonds. The zero-order valence-corrected chi connectivity index (χ0v) is 13.3. The number of ether oxygens (including phenoxy) is 1. The summed E-state index contributed by atoms with van der Waals surface area (Å²) in [4.78, 5) is 14.7. The van der Waals surface area contributed by atoms with Gasteiger partial charge in [-0.3, -0.25) is 9.69 Å². The number of carbonyl (C=O) groups is 1. The van der Waals surface area contributed by atoms with Crippen molar-refractivity contribution in [2.45, 2.75) is 64.0 Å². The van der Waals surface area contributed by atoms with Crippen LogP contribution in [0.3, 0.4) is 0 Å². The SMILES string of the molecule is CCCNC(C)(CN1CCCC2CCCC21)C(=O)OC. The molecule has 1 saturated heterocycles. The van der Waals surface area contributed by atoms with Crippen molar-refractivity contribution in [1.29, 1.82) is 0 Å². The Hall–Kier alpha value is -0.610. The van der Waals surface area contributed by atoms with E-state index in [1.54, 1.807) is 0 Å². The Morgan fingerprint density at radius 2 is 2.10 bits per heavy atom. The van der Waals surface area contributed by atoms with Gasteiger partial charge in [-0.05, 0) is 58.0 Å². The number of fused-ring (bicyclic) bond motifs is 1. The van der Waals surface area contributed by atoms with Crippen molar-refractivity contribution in [3.63, 3.8) is 0 Å². The lowest BCUT2D eigenvalue weighted by Gasteiger charge is -2.42. The van der Waals surface area contributed by atoms with Gasteiger partial charge in [0.25, 0.3) is 0 Å². The van der Waals surface area contributed by atoms with Gasteiger partial charge in [-0.1, -0.05) is 13.3 Å². The molecule has 0 bridgehead atoms. The summed E-state index contributed by atoms with van der Waals surface area (Å²) < 4.78 is 5.04. The summed E-state index contributed by atoms with van der Waals surface area (Å²) in [6.45, 7) is 6.88. The molecule has 0 aromatic carbocycles. The quantitative estimate of drug-likeness (QED) is 0.758. The number of hydrogen-bond donors (Lipinski definition) is 1. The standard InChI is InChI=1S/C16H30N2O2/c1-4-10-17-16(2,15(19)20-3)12-18-11-6-8-13-7-5-9-14(13)18/h13-14,17H,4-12H2,1-3H3. The summed E-state index contributed by atoms with van der Waals surface area (Å²) in [6.07, 6.45) is 7.70. The molecule has 0 aromatic rings. The van der Waals surface area contributed by atoms with Gasteiger partial charge in [0.2, 0.25) is 0 Å². The van der Waals surface area contributed by atoms with Gasteiger partial charge in [0.1, 0.15) is 5.54 Å². The maximum absolute atomic E-state index is 12.2. The summed E-state index contributed by atoms with van der Waals surface area (Å²) in [5.74, 6) is 0.725. The van der Waals surface area contributed by atoms with E-state index in [4.69, 9.17) is 4.74 Å². The van der Waals surface area contributed by atoms with E-state index in [2.05, 4.69) is 17.1 Å². The summed E-state index contributed by atoms with van der Waals surface area (Å²) >= 11 is 0. The molecule has 20 heavy (non-hydrogen) atoms. The van der Waals surface area contributed by atoms with Crippen LogP contribution in [-0.2, 0) is 9.53 Å². The molecule has 0 radical (unpaired) electrons. The molecule has 116 valence electrons. The van der Waals surface area contributed by atoms with Crippen molar-refractivity contribution in [2.24, 2.45) is 5.92 Å². The van der Waals surface area contributed by atoms with E-state index in [0.29, 0.717) is 6.04 Å². The van der Waals surface area contributed by atoms with Crippen LogP contribution in [0.1, 0.15) is 52.4 Å². The van der Waals surface area contributed by atoms with Crippen LogP contribution >= 0.6 is 0 Å². The van der Waals surface area contributed by atoms with Crippen molar-refractivity contribution in [3.8, 4) is 0 Å². The molecular formula is C16H30N2O2. The minimum Gasteiger partial charge on any atom is -0.468 e. The Labute approximate surface area is 123 Å². The Kier molecular flexibility index (Phi) is 5.44. The van der Waals surface area contributed by atoms with Gasteiger partial charge in [-0.25, -0.2) is 0 Å². The molecular weight excluding hydrogens is 252 g/mol. The van der Waals surface area contributed by atoms with Gasteiger partial charge < -0.3 is 10.1 Å². The first-order valence-electron chi connectivity index (χ1n) is 8.18. The molecule has 1 aliphatic heterocycles. The highest BCUT2D eigenvalue weighted by molar-refractivity contribution is 5.80. The van der Waals surface area contributed by atoms with Crippen LogP contribution in [0.2, 0.25) is 0 Å². The number of nitrogens with zero attached hydrogens (tertiary/aromatic N) is 1. The Bertz CT molecular complexity index is 334. The number of hydrogen-bond acceptors (Lipinski definition) is 4. The molecule has 1 N–H and O–H groups in total. The lowest BCUT2D eigenvalue weighted by atomic mass is 9.90. The highest BCUT2D eigenvalue weighted by atomic mass is 16.5. The van der Waals surface area contributed by atoms with Crippen molar-refractivity contribution in [3.05, 3.63) is 0 Å². The normalized spacial score (nSPS) is 29.8. The Morgan fingerprint density at radius 3 is 2.80 bits per heavy atom. The van der Waals surface area contributed by atoms with Crippen LogP contribution in [0.15, 0.2) is 0 Å². The van der Waals surface area contributed by atoms with Gasteiger partial charge in [0.15, 0.2) is 0 Å². The number of nitrogens with one attached hydrogen (secondary N) is 1. The zero-order chi connectivity index (χ0) is 14.6. The van der Waals surface area contributed by atoms with Crippen molar-refractivity contribution in [1.82, 2.24) is 10.2 Å². The van der Waals surface area contributed by atoms with Crippen LogP contribution in [0.25, 0.3) is 0 Å². The van der Waals surface area contributed by atoms with E-state index in [1.807, 2.05) is 6.92 Å². The fraction of sp³-hybridized carbons (Fsp3) is 0.938. The van der Waals surface area contributed by atoms with Gasteiger partial charge in [-0.15, -0.1) is 0 Å². The molecule has 3 unspecified atom stereocenters. The average molecular weight is 282 g/mol. The van der Waals surface area contributed by atoms with Crippen molar-refractivity contribution < 1.29 is 9.53 Å². The van der Waals surface area contributed by atoms with Gasteiger partial charge in [0, 0.05) is 12.6 Å². The predicted octanol–water partition coefficient (Wildman–Crippen LogP) is 2.18. The van der Waals surface area contributed by atoms with E-state index in [-0.39, 0.29) is 5.97 Å². The molecule has 2 fully saturated rings. The lowest BCUT2D eigenvalue weighted by Crippen LogP contribution is -2.60. The van der Waals surface area contributed by atoms with Gasteiger partial charge in [-0.2, -0.15) is 0 Å². The molecule has 3 atom stereocenters. The molecule has 4 nitrogen and oxygen atoms in total. The molecule has 4 heteroatoms. The summed E-state index contributed by atoms with van der Waals surface area (Å²) in [6, 6.07) is 0.691. The number of methoxy groups -OCH3 is 1. The van der Waals surface area contributed by atoms with E-state index < -0.39 is 5.54 Å². The molecule has 0 aromatic heterocycles. The molecule has 1 saturated carbocycles. The van der Waals surface area contributed by atoms with E-state index in [0.717, 1.165) is 32.0 Å². The second-order valence-corrected chi connectivity index (χ2v) is 6.62. The second-order valence-electron chi connectivity index (χ2n) is 6.62. The first kappa shape index (κ1) is 15.8. The third-order valence-corrected chi connectivity index (χ3v) is 5.03. The number of rotatable bonds is 6. The Morgan fingerprint density at radius 1 is 1.35 bits per heavy atom. The Balaban J connectivity index is 2.04. The molecule has 2 aliphatic rings. The van der Waals surface area contributed by atoms with Crippen LogP contribution < -0.4 is 5.32 Å². The minimum atomic E-state index is -0.574. The zero-order valence-electron chi connectivity index (χ0n) is 13.3. The third kappa shape index (κ3) is 3.34. The summed E-state index contributed by atoms with van der Waals surface area (Å²) in [5.41, 5.74) is -0.574. The second kappa shape index (κ2) is 6.90. The highest BCUT2D eigenvalue weighted by Gasteiger charge is 2.41. The van der Waals surface area contributed by atoms with E-state index >= 15 is 0 Å². The fourth-order valence-corrected chi connectivity index (χ4v) is 3.98. The van der Waals surface area contributed by atoms with Crippen LogP contribution in [-0.4, -0.2) is 49.2 Å². The molecule has 1 aliphatic carbocycles. The number of piperidine rings is 1. The fourth-order valence-electron chi connectivity index (χ4n) is 3.98. The van der Waals surface area contributed by atoms with Crippen molar-refractivity contribution in [2.75, 3.05) is 26.7 Å². The monoisotopic (exact) mass is 282 g/mol. The largest absolute Gasteiger partial charge is 0.468 e. The molecule has 0 spiro atoms. The number of likely N-dealkylation sites (tertiary alicyclic amines) is 1. The van der Waals surface area contributed by atoms with Crippen LogP contribution in [0, 0.1) is 5.92 Å². The van der Waals surface area contributed by atoms with E-state index in [9.17, 15) is 4.79 Å². The minimum absolute atomic E-state index is 0.133. The summed E-state index contributed by atoms with van der Waals surface area (Å²) in [7, 11) is 1.49. The predicted molar refractivity (Wildman–Crippen MR) is 80.7 cm³/mol. The first-order valence-corrected chi connectivity index (χ1v) is 8.18. The van der Waals surface area contributed by atoms with Crippen LogP contribution in [0.5, 0.6) is 0 Å². The van der Waals surface area contributed by atoms with E-state index in [1.165, 1.54) is 39.2 Å². The number of carbonyl (C=O) groups excluding carboxylic acids is 1. The number of esters is 1. The third-order valence-electron chi connectivity index (χ3n) is 5.03. The summed E-state index contributed by atoms with van der Waals surface area (Å²) in [5, 5.41) is 3.41. The first-order chi connectivity index (χ1) is 9.60. The average Bonchev–Trinajstić information content (AvgIpc) is 2.94. The van der Waals surface area contributed by atoms with Crippen molar-refractivity contribution >= 4 is 5.97 Å². The topological polar surface area (TPSA) is 41.6 Å². The molecule has 2 rings (SSSR count). The molecule has 1 heterocycles. The lowest BCUT2D eigenvalue weighted by molar-refractivity contribution is -0.149. The van der Waals surface area contributed by atoms with Gasteiger partial charge >= 0.3 is 5.97 Å². The maximum atomic E-state index is 12.2. The van der Waals surface area contributed by atoms with Crippen LogP contribution in [0.4, 0.5) is 0 Å².